The van der Waals surface area contributed by atoms with Crippen molar-refractivity contribution in [2.24, 2.45) is 5.92 Å². The van der Waals surface area contributed by atoms with Gasteiger partial charge >= 0.3 is 5.97 Å². The number of ether oxygens (including phenoxy) is 1. The Morgan fingerprint density at radius 1 is 1.48 bits per heavy atom. The molecule has 0 spiro atoms. The Balaban J connectivity index is 2.32. The van der Waals surface area contributed by atoms with Crippen LogP contribution in [-0.4, -0.2) is 31.2 Å². The standard InChI is InChI=1S/C17H26N2O2/c1-4-14-12-18-10-9-17(14,16(20)21-5-2)19-15-8-6-7-13(3)11-15/h6-8,11,14,18-19H,4-5,9-10,12H2,1-3H3. The first-order valence-electron chi connectivity index (χ1n) is 7.85. The van der Waals surface area contributed by atoms with Gasteiger partial charge in [0.05, 0.1) is 6.61 Å². The number of anilines is 1. The Kier molecular flexibility index (Phi) is 5.23. The van der Waals surface area contributed by atoms with Crippen LogP contribution in [0, 0.1) is 12.8 Å². The Hall–Kier alpha value is -1.55. The number of carbonyl (C=O) groups excluding carboxylic acids is 1. The van der Waals surface area contributed by atoms with Crippen molar-refractivity contribution in [1.82, 2.24) is 5.32 Å². The van der Waals surface area contributed by atoms with Crippen LogP contribution in [0.15, 0.2) is 24.3 Å². The second-order valence-electron chi connectivity index (χ2n) is 5.75. The summed E-state index contributed by atoms with van der Waals surface area (Å²) < 4.78 is 5.39. The highest BCUT2D eigenvalue weighted by Crippen LogP contribution is 2.33. The van der Waals surface area contributed by atoms with E-state index in [0.29, 0.717) is 6.61 Å². The second kappa shape index (κ2) is 6.94. The lowest BCUT2D eigenvalue weighted by Crippen LogP contribution is -2.60. The zero-order chi connectivity index (χ0) is 15.3. The number of aryl methyl sites for hydroxylation is 1. The van der Waals surface area contributed by atoms with Gasteiger partial charge in [0.25, 0.3) is 0 Å². The van der Waals surface area contributed by atoms with E-state index in [2.05, 4.69) is 36.6 Å². The van der Waals surface area contributed by atoms with Crippen molar-refractivity contribution in [1.29, 1.82) is 0 Å². The molecule has 1 aromatic carbocycles. The van der Waals surface area contributed by atoms with Crippen LogP contribution in [-0.2, 0) is 9.53 Å². The predicted octanol–water partition coefficient (Wildman–Crippen LogP) is 2.73. The fourth-order valence-corrected chi connectivity index (χ4v) is 3.16. The highest BCUT2D eigenvalue weighted by Gasteiger charge is 2.47. The molecule has 0 saturated carbocycles. The van der Waals surface area contributed by atoms with Crippen molar-refractivity contribution in [3.05, 3.63) is 29.8 Å². The number of hydrogen-bond acceptors (Lipinski definition) is 4. The molecule has 2 atom stereocenters. The van der Waals surface area contributed by atoms with Gasteiger partial charge < -0.3 is 15.4 Å². The lowest BCUT2D eigenvalue weighted by atomic mass is 9.76. The van der Waals surface area contributed by atoms with Gasteiger partial charge in [-0.3, -0.25) is 0 Å². The second-order valence-corrected chi connectivity index (χ2v) is 5.75. The van der Waals surface area contributed by atoms with Gasteiger partial charge in [-0.2, -0.15) is 0 Å². The van der Waals surface area contributed by atoms with Gasteiger partial charge in [0.2, 0.25) is 0 Å². The molecule has 0 radical (unpaired) electrons. The molecular weight excluding hydrogens is 264 g/mol. The zero-order valence-electron chi connectivity index (χ0n) is 13.2. The average molecular weight is 290 g/mol. The third kappa shape index (κ3) is 3.38. The molecule has 0 aromatic heterocycles. The molecule has 2 unspecified atom stereocenters. The van der Waals surface area contributed by atoms with Crippen LogP contribution < -0.4 is 10.6 Å². The summed E-state index contributed by atoms with van der Waals surface area (Å²) in [6.07, 6.45) is 1.68. The Morgan fingerprint density at radius 2 is 2.29 bits per heavy atom. The van der Waals surface area contributed by atoms with Gasteiger partial charge in [0.1, 0.15) is 5.54 Å². The van der Waals surface area contributed by atoms with E-state index in [-0.39, 0.29) is 11.9 Å². The lowest BCUT2D eigenvalue weighted by molar-refractivity contribution is -0.151. The molecule has 2 rings (SSSR count). The number of carbonyl (C=O) groups is 1. The molecule has 21 heavy (non-hydrogen) atoms. The summed E-state index contributed by atoms with van der Waals surface area (Å²) in [6.45, 7) is 8.13. The number of nitrogens with one attached hydrogen (secondary N) is 2. The van der Waals surface area contributed by atoms with Gasteiger partial charge in [-0.15, -0.1) is 0 Å². The first kappa shape index (κ1) is 15.8. The van der Waals surface area contributed by atoms with Gasteiger partial charge in [0, 0.05) is 18.2 Å². The van der Waals surface area contributed by atoms with Gasteiger partial charge in [-0.25, -0.2) is 4.79 Å². The van der Waals surface area contributed by atoms with Crippen LogP contribution in [0.25, 0.3) is 0 Å². The Labute approximate surface area is 127 Å². The van der Waals surface area contributed by atoms with Crippen molar-refractivity contribution in [2.45, 2.75) is 39.2 Å². The maximum absolute atomic E-state index is 12.7. The molecule has 2 N–H and O–H groups in total. The smallest absolute Gasteiger partial charge is 0.332 e. The van der Waals surface area contributed by atoms with Crippen LogP contribution in [0.1, 0.15) is 32.3 Å². The molecular formula is C17H26N2O2. The summed E-state index contributed by atoms with van der Waals surface area (Å²) in [7, 11) is 0. The zero-order valence-corrected chi connectivity index (χ0v) is 13.2. The number of hydrogen-bond donors (Lipinski definition) is 2. The fraction of sp³-hybridized carbons (Fsp3) is 0.588. The van der Waals surface area contributed by atoms with Crippen molar-refractivity contribution >= 4 is 11.7 Å². The fourth-order valence-electron chi connectivity index (χ4n) is 3.16. The summed E-state index contributed by atoms with van der Waals surface area (Å²) in [5.74, 6) is 0.102. The number of piperidine rings is 1. The molecule has 1 saturated heterocycles. The summed E-state index contributed by atoms with van der Waals surface area (Å²) in [5.41, 5.74) is 1.55. The topological polar surface area (TPSA) is 50.4 Å². The molecule has 0 amide bonds. The summed E-state index contributed by atoms with van der Waals surface area (Å²) in [4.78, 5) is 12.7. The van der Waals surface area contributed by atoms with Crippen molar-refractivity contribution < 1.29 is 9.53 Å². The average Bonchev–Trinajstić information content (AvgIpc) is 2.48. The summed E-state index contributed by atoms with van der Waals surface area (Å²) in [5, 5.41) is 6.89. The summed E-state index contributed by atoms with van der Waals surface area (Å²) in [6, 6.07) is 8.17. The minimum absolute atomic E-state index is 0.125. The normalized spacial score (nSPS) is 25.4. The van der Waals surface area contributed by atoms with E-state index in [9.17, 15) is 4.79 Å². The number of benzene rings is 1. The quantitative estimate of drug-likeness (QED) is 0.819. The molecule has 1 aliphatic rings. The van der Waals surface area contributed by atoms with Crippen LogP contribution in [0.4, 0.5) is 5.69 Å². The predicted molar refractivity (Wildman–Crippen MR) is 85.4 cm³/mol. The van der Waals surface area contributed by atoms with E-state index in [0.717, 1.165) is 31.6 Å². The van der Waals surface area contributed by atoms with Gasteiger partial charge in [-0.05, 0) is 50.9 Å². The molecule has 0 bridgehead atoms. The van der Waals surface area contributed by atoms with E-state index >= 15 is 0 Å². The SMILES string of the molecule is CCOC(=O)C1(Nc2cccc(C)c2)CCNCC1CC. The van der Waals surface area contributed by atoms with E-state index in [4.69, 9.17) is 4.74 Å². The number of rotatable bonds is 5. The van der Waals surface area contributed by atoms with E-state index < -0.39 is 5.54 Å². The monoisotopic (exact) mass is 290 g/mol. The van der Waals surface area contributed by atoms with Crippen LogP contribution >= 0.6 is 0 Å². The van der Waals surface area contributed by atoms with Gasteiger partial charge in [-0.1, -0.05) is 19.1 Å². The van der Waals surface area contributed by atoms with Gasteiger partial charge in [0.15, 0.2) is 0 Å². The maximum atomic E-state index is 12.7. The maximum Gasteiger partial charge on any atom is 0.332 e. The van der Waals surface area contributed by atoms with E-state index in [1.54, 1.807) is 0 Å². The molecule has 1 heterocycles. The third-order valence-corrected chi connectivity index (χ3v) is 4.30. The largest absolute Gasteiger partial charge is 0.464 e. The molecule has 1 fully saturated rings. The highest BCUT2D eigenvalue weighted by molar-refractivity contribution is 5.85. The molecule has 116 valence electrons. The molecule has 1 aliphatic heterocycles. The first-order valence-corrected chi connectivity index (χ1v) is 7.85. The molecule has 4 nitrogen and oxygen atoms in total. The highest BCUT2D eigenvalue weighted by atomic mass is 16.5. The minimum Gasteiger partial charge on any atom is -0.464 e. The van der Waals surface area contributed by atoms with E-state index in [1.807, 2.05) is 19.1 Å². The molecule has 0 aliphatic carbocycles. The lowest BCUT2D eigenvalue weighted by Gasteiger charge is -2.43. The Bertz CT molecular complexity index is 489. The minimum atomic E-state index is -0.621. The van der Waals surface area contributed by atoms with Crippen LogP contribution in [0.2, 0.25) is 0 Å². The van der Waals surface area contributed by atoms with E-state index in [1.165, 1.54) is 5.56 Å². The first-order chi connectivity index (χ1) is 10.1. The molecule has 1 aromatic rings. The number of esters is 1. The van der Waals surface area contributed by atoms with Crippen LogP contribution in [0.3, 0.4) is 0 Å². The Morgan fingerprint density at radius 3 is 2.95 bits per heavy atom. The molecule has 4 heteroatoms. The van der Waals surface area contributed by atoms with Crippen molar-refractivity contribution in [3.63, 3.8) is 0 Å². The van der Waals surface area contributed by atoms with Crippen molar-refractivity contribution in [3.8, 4) is 0 Å². The summed E-state index contributed by atoms with van der Waals surface area (Å²) >= 11 is 0. The van der Waals surface area contributed by atoms with Crippen molar-refractivity contribution in [2.75, 3.05) is 25.0 Å². The van der Waals surface area contributed by atoms with Crippen LogP contribution in [0.5, 0.6) is 0 Å². The third-order valence-electron chi connectivity index (χ3n) is 4.30.